The van der Waals surface area contributed by atoms with Crippen LogP contribution in [-0.2, 0) is 10.0 Å². The van der Waals surface area contributed by atoms with Crippen LogP contribution in [0.25, 0.3) is 0 Å². The number of phenols is 1. The van der Waals surface area contributed by atoms with Crippen molar-refractivity contribution in [3.8, 4) is 5.75 Å². The normalized spacial score (nSPS) is 13.4. The van der Waals surface area contributed by atoms with E-state index in [-0.39, 0.29) is 12.7 Å². The van der Waals surface area contributed by atoms with Gasteiger partial charge in [-0.05, 0) is 31.2 Å². The monoisotopic (exact) mass is 395 g/mol. The van der Waals surface area contributed by atoms with E-state index in [1.165, 1.54) is 10.3 Å². The maximum Gasteiger partial charge on any atom is 0.420 e. The van der Waals surface area contributed by atoms with Gasteiger partial charge in [0.1, 0.15) is 5.75 Å². The molecule has 1 rings (SSSR count). The fraction of sp³-hybridized carbons (Fsp3) is 0.364. The molecule has 142 valence electrons. The van der Waals surface area contributed by atoms with Crippen LogP contribution in [0.3, 0.4) is 0 Å². The van der Waals surface area contributed by atoms with Crippen molar-refractivity contribution in [2.75, 3.05) is 0 Å². The van der Waals surface area contributed by atoms with E-state index >= 15 is 0 Å². The number of hydrazine groups is 1. The van der Waals surface area contributed by atoms with E-state index in [4.69, 9.17) is 5.11 Å². The van der Waals surface area contributed by atoms with Gasteiger partial charge in [0.2, 0.25) is 5.54 Å². The van der Waals surface area contributed by atoms with E-state index in [2.05, 4.69) is 0 Å². The van der Waals surface area contributed by atoms with Crippen LogP contribution in [0.15, 0.2) is 29.2 Å². The number of nitrogens with one attached hydrogen (secondary N) is 3. The minimum Gasteiger partial charge on any atom is -0.508 e. The van der Waals surface area contributed by atoms with Crippen molar-refractivity contribution in [3.63, 3.8) is 0 Å². The van der Waals surface area contributed by atoms with Crippen LogP contribution in [0.5, 0.6) is 5.75 Å². The van der Waals surface area contributed by atoms with Gasteiger partial charge in [-0.15, -0.1) is 4.83 Å². The van der Waals surface area contributed by atoms with Crippen molar-refractivity contribution in [1.29, 1.82) is 0 Å². The van der Waals surface area contributed by atoms with Gasteiger partial charge in [0.25, 0.3) is 10.0 Å². The smallest absolute Gasteiger partial charge is 0.420 e. The Morgan fingerprint density at radius 2 is 1.44 bits per heavy atom. The summed E-state index contributed by atoms with van der Waals surface area (Å²) in [6.45, 7) is -0.318. The summed E-state index contributed by atoms with van der Waals surface area (Å²) in [5.41, 5.74) is -3.42. The van der Waals surface area contributed by atoms with Crippen LogP contribution < -0.4 is 15.6 Å². The van der Waals surface area contributed by atoms with E-state index in [1.54, 1.807) is 0 Å². The van der Waals surface area contributed by atoms with Crippen LogP contribution >= 0.6 is 0 Å². The summed E-state index contributed by atoms with van der Waals surface area (Å²) in [5.74, 6) is -0.296. The van der Waals surface area contributed by atoms with Crippen LogP contribution in [0.1, 0.15) is 6.92 Å². The number of carbonyl (C=O) groups excluding carboxylic acids is 1. The van der Waals surface area contributed by atoms with Gasteiger partial charge in [-0.2, -0.15) is 26.3 Å². The Balaban J connectivity index is 2.87. The van der Waals surface area contributed by atoms with Crippen LogP contribution in [0, 0.1) is 0 Å². The summed E-state index contributed by atoms with van der Waals surface area (Å²) in [6, 6.07) is 1.59. The van der Waals surface area contributed by atoms with Crippen molar-refractivity contribution in [2.24, 2.45) is 0 Å². The molecule has 0 radical (unpaired) electrons. The summed E-state index contributed by atoms with van der Waals surface area (Å²) < 4.78 is 99.1. The molecule has 0 unspecified atom stereocenters. The molecule has 0 atom stereocenters. The fourth-order valence-corrected chi connectivity index (χ4v) is 2.20. The molecule has 0 aromatic heterocycles. The number of alkyl halides is 6. The zero-order valence-electron chi connectivity index (χ0n) is 12.2. The highest BCUT2D eigenvalue weighted by atomic mass is 32.2. The first kappa shape index (κ1) is 20.8. The number of amides is 2. The lowest BCUT2D eigenvalue weighted by molar-refractivity contribution is -0.297. The van der Waals surface area contributed by atoms with E-state index in [9.17, 15) is 39.6 Å². The average molecular weight is 395 g/mol. The molecular weight excluding hydrogens is 384 g/mol. The highest BCUT2D eigenvalue weighted by Gasteiger charge is 2.68. The Kier molecular flexibility index (Phi) is 5.49. The van der Waals surface area contributed by atoms with Crippen molar-refractivity contribution >= 4 is 16.1 Å². The zero-order chi connectivity index (χ0) is 19.7. The molecule has 0 fully saturated rings. The Bertz CT molecular complexity index is 716. The second kappa shape index (κ2) is 6.59. The molecule has 4 N–H and O–H groups in total. The summed E-state index contributed by atoms with van der Waals surface area (Å²) in [6.07, 6.45) is -11.8. The van der Waals surface area contributed by atoms with Gasteiger partial charge >= 0.3 is 18.4 Å². The molecule has 0 aliphatic carbocycles. The zero-order valence-corrected chi connectivity index (χ0v) is 13.0. The third kappa shape index (κ3) is 4.66. The number of urea groups is 1. The van der Waals surface area contributed by atoms with Gasteiger partial charge < -0.3 is 10.4 Å². The number of halogens is 6. The minimum atomic E-state index is -5.89. The van der Waals surface area contributed by atoms with E-state index in [0.717, 1.165) is 24.3 Å². The average Bonchev–Trinajstić information content (AvgIpc) is 2.43. The highest BCUT2D eigenvalue weighted by molar-refractivity contribution is 7.89. The molecule has 25 heavy (non-hydrogen) atoms. The number of benzene rings is 1. The molecule has 0 saturated heterocycles. The van der Waals surface area contributed by atoms with Crippen LogP contribution in [0.2, 0.25) is 0 Å². The predicted octanol–water partition coefficient (Wildman–Crippen LogP) is 1.77. The SMILES string of the molecule is CC(NC(=O)NNS(=O)(=O)c1ccc(O)cc1)(C(F)(F)F)C(F)(F)F. The fourth-order valence-electron chi connectivity index (χ4n) is 1.36. The first-order valence-electron chi connectivity index (χ1n) is 6.12. The summed E-state index contributed by atoms with van der Waals surface area (Å²) in [5, 5.41) is 9.65. The van der Waals surface area contributed by atoms with Crippen LogP contribution in [-0.4, -0.2) is 37.4 Å². The maximum absolute atomic E-state index is 12.6. The second-order valence-electron chi connectivity index (χ2n) is 4.80. The molecular formula is C11H11F6N3O4S. The van der Waals surface area contributed by atoms with Crippen molar-refractivity contribution in [1.82, 2.24) is 15.6 Å². The Labute approximate surface area is 137 Å². The highest BCUT2D eigenvalue weighted by Crippen LogP contribution is 2.42. The second-order valence-corrected chi connectivity index (χ2v) is 6.48. The van der Waals surface area contributed by atoms with Crippen molar-refractivity contribution in [3.05, 3.63) is 24.3 Å². The standard InChI is InChI=1S/C11H11F6N3O4S/c1-9(10(12,13)14,11(15,16)17)18-8(22)19-20-25(23,24)7-4-2-6(21)3-5-7/h2-5,20-21H,1H3,(H2,18,19,22). The molecule has 1 aromatic carbocycles. The van der Waals surface area contributed by atoms with Gasteiger partial charge in [0.05, 0.1) is 4.90 Å². The number of phenolic OH excluding ortho intramolecular Hbond substituents is 1. The van der Waals surface area contributed by atoms with Gasteiger partial charge in [-0.3, -0.25) is 5.43 Å². The number of carbonyl (C=O) groups is 1. The number of rotatable bonds is 4. The lowest BCUT2D eigenvalue weighted by Gasteiger charge is -2.34. The van der Waals surface area contributed by atoms with Crippen molar-refractivity contribution in [2.45, 2.75) is 29.7 Å². The molecule has 14 heteroatoms. The third-order valence-electron chi connectivity index (χ3n) is 2.94. The molecule has 0 saturated carbocycles. The molecule has 0 bridgehead atoms. The minimum absolute atomic E-state index is 0.296. The summed E-state index contributed by atoms with van der Waals surface area (Å²) in [7, 11) is -4.49. The quantitative estimate of drug-likeness (QED) is 0.460. The lowest BCUT2D eigenvalue weighted by Crippen LogP contribution is -2.67. The first-order valence-corrected chi connectivity index (χ1v) is 7.61. The molecule has 1 aromatic rings. The van der Waals surface area contributed by atoms with Gasteiger partial charge in [0.15, 0.2) is 0 Å². The molecule has 0 heterocycles. The van der Waals surface area contributed by atoms with Gasteiger partial charge in [-0.25, -0.2) is 13.2 Å². The number of hydrogen-bond donors (Lipinski definition) is 4. The Hall–Kier alpha value is -2.22. The lowest BCUT2D eigenvalue weighted by atomic mass is 10.0. The number of sulfonamides is 1. The third-order valence-corrected chi connectivity index (χ3v) is 4.21. The largest absolute Gasteiger partial charge is 0.508 e. The van der Waals surface area contributed by atoms with E-state index < -0.39 is 38.8 Å². The maximum atomic E-state index is 12.6. The Morgan fingerprint density at radius 1 is 1.00 bits per heavy atom. The van der Waals surface area contributed by atoms with Crippen molar-refractivity contribution < 1.29 is 44.7 Å². The van der Waals surface area contributed by atoms with E-state index in [0.29, 0.717) is 5.32 Å². The van der Waals surface area contributed by atoms with E-state index in [1.807, 2.05) is 0 Å². The number of aromatic hydroxyl groups is 1. The summed E-state index contributed by atoms with van der Waals surface area (Å²) >= 11 is 0. The van der Waals surface area contributed by atoms with Gasteiger partial charge in [-0.1, -0.05) is 0 Å². The molecule has 2 amide bonds. The molecule has 0 spiro atoms. The topological polar surface area (TPSA) is 108 Å². The Morgan fingerprint density at radius 3 is 1.84 bits per heavy atom. The molecule has 0 aliphatic rings. The molecule has 0 aliphatic heterocycles. The molecule has 7 nitrogen and oxygen atoms in total. The van der Waals surface area contributed by atoms with Gasteiger partial charge in [0, 0.05) is 0 Å². The first-order chi connectivity index (χ1) is 11.1. The summed E-state index contributed by atoms with van der Waals surface area (Å²) in [4.78, 5) is 12.1. The number of hydrogen-bond acceptors (Lipinski definition) is 4. The predicted molar refractivity (Wildman–Crippen MR) is 70.6 cm³/mol. The van der Waals surface area contributed by atoms with Crippen LogP contribution in [0.4, 0.5) is 31.1 Å².